The van der Waals surface area contributed by atoms with Crippen LogP contribution in [0, 0.1) is 6.92 Å². The zero-order valence-corrected chi connectivity index (χ0v) is 13.7. The van der Waals surface area contributed by atoms with Crippen LogP contribution in [0.15, 0.2) is 6.20 Å². The molecular formula is C15H23N3O2S. The van der Waals surface area contributed by atoms with E-state index in [2.05, 4.69) is 10.3 Å². The Balaban J connectivity index is 2.05. The summed E-state index contributed by atoms with van der Waals surface area (Å²) in [5.41, 5.74) is 0. The van der Waals surface area contributed by atoms with E-state index in [9.17, 15) is 9.59 Å². The summed E-state index contributed by atoms with van der Waals surface area (Å²) in [7, 11) is 0. The molecule has 116 valence electrons. The molecule has 0 aliphatic carbocycles. The summed E-state index contributed by atoms with van der Waals surface area (Å²) < 4.78 is 0. The van der Waals surface area contributed by atoms with Crippen LogP contribution in [-0.2, 0) is 9.59 Å². The van der Waals surface area contributed by atoms with Crippen LogP contribution in [0.1, 0.15) is 55.5 Å². The van der Waals surface area contributed by atoms with Gasteiger partial charge in [-0.25, -0.2) is 4.98 Å². The smallest absolute Gasteiger partial charge is 0.243 e. The molecule has 2 heterocycles. The van der Waals surface area contributed by atoms with E-state index >= 15 is 0 Å². The van der Waals surface area contributed by atoms with Gasteiger partial charge in [0.05, 0.1) is 6.04 Å². The second-order valence-electron chi connectivity index (χ2n) is 5.39. The van der Waals surface area contributed by atoms with E-state index in [1.807, 2.05) is 27.0 Å². The van der Waals surface area contributed by atoms with Crippen molar-refractivity contribution in [3.63, 3.8) is 0 Å². The first-order valence-electron chi connectivity index (χ1n) is 7.59. The van der Waals surface area contributed by atoms with Gasteiger partial charge in [0.15, 0.2) is 0 Å². The summed E-state index contributed by atoms with van der Waals surface area (Å²) in [6.07, 6.45) is 4.68. The van der Waals surface area contributed by atoms with Crippen LogP contribution in [0.3, 0.4) is 0 Å². The van der Waals surface area contributed by atoms with Gasteiger partial charge in [0.25, 0.3) is 0 Å². The number of carbonyl (C=O) groups excluding carboxylic acids is 2. The predicted octanol–water partition coefficient (Wildman–Crippen LogP) is 2.42. The maximum atomic E-state index is 12.5. The molecule has 0 saturated carbocycles. The minimum atomic E-state index is -0.352. The normalized spacial score (nSPS) is 17.9. The van der Waals surface area contributed by atoms with Crippen molar-refractivity contribution in [1.29, 1.82) is 0 Å². The van der Waals surface area contributed by atoms with Crippen LogP contribution < -0.4 is 5.32 Å². The van der Waals surface area contributed by atoms with Crippen molar-refractivity contribution in [2.75, 3.05) is 6.54 Å². The summed E-state index contributed by atoms with van der Waals surface area (Å²) in [4.78, 5) is 31.6. The van der Waals surface area contributed by atoms with Crippen LogP contribution in [0.4, 0.5) is 0 Å². The summed E-state index contributed by atoms with van der Waals surface area (Å²) in [6.45, 7) is 6.68. The quantitative estimate of drug-likeness (QED) is 0.878. The fourth-order valence-corrected chi connectivity index (χ4v) is 3.59. The van der Waals surface area contributed by atoms with E-state index in [1.165, 1.54) is 0 Å². The molecular weight excluding hydrogens is 286 g/mol. The standard InChI is InChI=1S/C15H23N3O2S/c1-4-11(15-16-9-10(3)21-15)17-14(20)12(5-2)18-8-6-7-13(18)19/h9,11-12H,4-8H2,1-3H3,(H,17,20). The van der Waals surface area contributed by atoms with Crippen molar-refractivity contribution in [3.05, 3.63) is 16.1 Å². The van der Waals surface area contributed by atoms with Gasteiger partial charge in [-0.3, -0.25) is 9.59 Å². The second-order valence-corrected chi connectivity index (χ2v) is 6.66. The van der Waals surface area contributed by atoms with E-state index < -0.39 is 0 Å². The SMILES string of the molecule is CCC(NC(=O)C(CC)N1CCCC1=O)c1ncc(C)s1. The Bertz CT molecular complexity index is 515. The minimum Gasteiger partial charge on any atom is -0.345 e. The molecule has 1 aromatic heterocycles. The van der Waals surface area contributed by atoms with Gasteiger partial charge < -0.3 is 10.2 Å². The Morgan fingerprint density at radius 2 is 2.24 bits per heavy atom. The summed E-state index contributed by atoms with van der Waals surface area (Å²) in [5, 5.41) is 4.00. The number of aromatic nitrogens is 1. The molecule has 6 heteroatoms. The highest BCUT2D eigenvalue weighted by molar-refractivity contribution is 7.11. The number of carbonyl (C=O) groups is 2. The Morgan fingerprint density at radius 1 is 1.48 bits per heavy atom. The summed E-state index contributed by atoms with van der Waals surface area (Å²) in [5.74, 6) is 0.0302. The topological polar surface area (TPSA) is 62.3 Å². The number of aryl methyl sites for hydroxylation is 1. The maximum Gasteiger partial charge on any atom is 0.243 e. The molecule has 0 spiro atoms. The minimum absolute atomic E-state index is 0.0625. The average molecular weight is 309 g/mol. The molecule has 2 unspecified atom stereocenters. The number of thiazole rings is 1. The van der Waals surface area contributed by atoms with Crippen molar-refractivity contribution >= 4 is 23.2 Å². The van der Waals surface area contributed by atoms with Gasteiger partial charge in [-0.05, 0) is 26.2 Å². The predicted molar refractivity (Wildman–Crippen MR) is 83.1 cm³/mol. The van der Waals surface area contributed by atoms with E-state index in [4.69, 9.17) is 0 Å². The molecule has 1 fully saturated rings. The van der Waals surface area contributed by atoms with Gasteiger partial charge in [0, 0.05) is 24.0 Å². The maximum absolute atomic E-state index is 12.5. The molecule has 0 bridgehead atoms. The lowest BCUT2D eigenvalue weighted by Crippen LogP contribution is -2.48. The van der Waals surface area contributed by atoms with Gasteiger partial charge in [-0.15, -0.1) is 11.3 Å². The molecule has 2 rings (SSSR count). The third kappa shape index (κ3) is 3.61. The van der Waals surface area contributed by atoms with E-state index in [-0.39, 0.29) is 23.9 Å². The highest BCUT2D eigenvalue weighted by Crippen LogP contribution is 2.23. The molecule has 2 atom stereocenters. The molecule has 0 aromatic carbocycles. The lowest BCUT2D eigenvalue weighted by molar-refractivity contribution is -0.137. The number of nitrogens with zero attached hydrogens (tertiary/aromatic N) is 2. The Morgan fingerprint density at radius 3 is 2.71 bits per heavy atom. The molecule has 1 aromatic rings. The average Bonchev–Trinajstić information content (AvgIpc) is 3.06. The van der Waals surface area contributed by atoms with Crippen LogP contribution >= 0.6 is 11.3 Å². The van der Waals surface area contributed by atoms with Crippen molar-refractivity contribution in [3.8, 4) is 0 Å². The molecule has 1 aliphatic heterocycles. The first-order chi connectivity index (χ1) is 10.1. The van der Waals surface area contributed by atoms with E-state index in [1.54, 1.807) is 16.2 Å². The molecule has 1 saturated heterocycles. The van der Waals surface area contributed by atoms with Crippen LogP contribution in [0.2, 0.25) is 0 Å². The number of likely N-dealkylation sites (tertiary alicyclic amines) is 1. The Labute approximate surface area is 129 Å². The van der Waals surface area contributed by atoms with E-state index in [0.717, 1.165) is 22.7 Å². The summed E-state index contributed by atoms with van der Waals surface area (Å²) in [6, 6.07) is -0.418. The number of hydrogen-bond acceptors (Lipinski definition) is 4. The zero-order valence-electron chi connectivity index (χ0n) is 12.9. The number of nitrogens with one attached hydrogen (secondary N) is 1. The van der Waals surface area contributed by atoms with Crippen molar-refractivity contribution < 1.29 is 9.59 Å². The van der Waals surface area contributed by atoms with Gasteiger partial charge in [-0.1, -0.05) is 13.8 Å². The van der Waals surface area contributed by atoms with Gasteiger partial charge in [-0.2, -0.15) is 0 Å². The van der Waals surface area contributed by atoms with Crippen LogP contribution in [0.5, 0.6) is 0 Å². The first kappa shape index (κ1) is 15.9. The van der Waals surface area contributed by atoms with Crippen LogP contribution in [0.25, 0.3) is 0 Å². The molecule has 0 radical (unpaired) electrons. The van der Waals surface area contributed by atoms with Gasteiger partial charge in [0.2, 0.25) is 11.8 Å². The molecule has 2 amide bonds. The molecule has 5 nitrogen and oxygen atoms in total. The van der Waals surface area contributed by atoms with Gasteiger partial charge >= 0.3 is 0 Å². The third-order valence-corrected chi connectivity index (χ3v) is 4.86. The zero-order chi connectivity index (χ0) is 15.4. The van der Waals surface area contributed by atoms with Crippen molar-refractivity contribution in [2.45, 2.75) is 58.5 Å². The summed E-state index contributed by atoms with van der Waals surface area (Å²) >= 11 is 1.61. The molecule has 1 N–H and O–H groups in total. The number of rotatable bonds is 6. The Hall–Kier alpha value is -1.43. The Kier molecular flexibility index (Phi) is 5.33. The fraction of sp³-hybridized carbons (Fsp3) is 0.667. The third-order valence-electron chi connectivity index (χ3n) is 3.84. The number of amides is 2. The second kappa shape index (κ2) is 7.02. The lowest BCUT2D eigenvalue weighted by atomic mass is 10.1. The monoisotopic (exact) mass is 309 g/mol. The van der Waals surface area contributed by atoms with Gasteiger partial charge in [0.1, 0.15) is 11.0 Å². The van der Waals surface area contributed by atoms with E-state index in [0.29, 0.717) is 19.4 Å². The molecule has 1 aliphatic rings. The fourth-order valence-electron chi connectivity index (χ4n) is 2.69. The largest absolute Gasteiger partial charge is 0.345 e. The highest BCUT2D eigenvalue weighted by Gasteiger charge is 2.32. The molecule has 21 heavy (non-hydrogen) atoms. The lowest BCUT2D eigenvalue weighted by Gasteiger charge is -2.27. The van der Waals surface area contributed by atoms with Crippen LogP contribution in [-0.4, -0.2) is 34.3 Å². The highest BCUT2D eigenvalue weighted by atomic mass is 32.1. The number of hydrogen-bond donors (Lipinski definition) is 1. The van der Waals surface area contributed by atoms with Crippen molar-refractivity contribution in [2.24, 2.45) is 0 Å². The first-order valence-corrected chi connectivity index (χ1v) is 8.40. The van der Waals surface area contributed by atoms with Crippen molar-refractivity contribution in [1.82, 2.24) is 15.2 Å².